The number of rotatable bonds is 2. The summed E-state index contributed by atoms with van der Waals surface area (Å²) in [6.07, 6.45) is 1.26. The molecule has 1 N–H and O–H groups in total. The van der Waals surface area contributed by atoms with Crippen LogP contribution in [-0.4, -0.2) is 43.2 Å². The summed E-state index contributed by atoms with van der Waals surface area (Å²) in [6.45, 7) is 6.54. The molecule has 3 rings (SSSR count). The van der Waals surface area contributed by atoms with E-state index in [4.69, 9.17) is 16.3 Å². The fraction of sp³-hybridized carbons (Fsp3) is 0.571. The Balaban J connectivity index is 1.60. The van der Waals surface area contributed by atoms with E-state index in [1.165, 1.54) is 5.56 Å². The summed E-state index contributed by atoms with van der Waals surface area (Å²) in [6, 6.07) is 6.49. The molecule has 0 saturated carbocycles. The smallest absolute Gasteiger partial charge is 0.123 e. The second-order valence-corrected chi connectivity index (χ2v) is 5.75. The molecule has 2 heterocycles. The summed E-state index contributed by atoms with van der Waals surface area (Å²) in [4.78, 5) is 2.49. The van der Waals surface area contributed by atoms with Gasteiger partial charge in [-0.15, -0.1) is 0 Å². The van der Waals surface area contributed by atoms with Crippen LogP contribution in [0.4, 0.5) is 0 Å². The monoisotopic (exact) mass is 266 g/mol. The van der Waals surface area contributed by atoms with Crippen LogP contribution in [0.1, 0.15) is 12.5 Å². The topological polar surface area (TPSA) is 24.5 Å². The zero-order valence-corrected chi connectivity index (χ0v) is 11.4. The van der Waals surface area contributed by atoms with Gasteiger partial charge in [-0.1, -0.05) is 11.6 Å². The van der Waals surface area contributed by atoms with E-state index < -0.39 is 0 Å². The Hall–Kier alpha value is -0.770. The number of fused-ring (bicyclic) bond motifs is 1. The van der Waals surface area contributed by atoms with Gasteiger partial charge in [0.1, 0.15) is 11.9 Å². The highest BCUT2D eigenvalue weighted by Crippen LogP contribution is 2.31. The van der Waals surface area contributed by atoms with E-state index in [0.29, 0.717) is 6.04 Å². The number of ether oxygens (including phenoxy) is 1. The highest BCUT2D eigenvalue weighted by molar-refractivity contribution is 6.30. The molecular formula is C14H19ClN2O. The zero-order chi connectivity index (χ0) is 12.5. The quantitative estimate of drug-likeness (QED) is 0.885. The Morgan fingerprint density at radius 1 is 1.50 bits per heavy atom. The van der Waals surface area contributed by atoms with Crippen LogP contribution < -0.4 is 10.1 Å². The maximum Gasteiger partial charge on any atom is 0.123 e. The van der Waals surface area contributed by atoms with Crippen molar-refractivity contribution in [2.24, 2.45) is 0 Å². The lowest BCUT2D eigenvalue weighted by Gasteiger charge is -2.33. The third-order valence-corrected chi connectivity index (χ3v) is 3.91. The van der Waals surface area contributed by atoms with Gasteiger partial charge in [0.25, 0.3) is 0 Å². The molecule has 1 aromatic carbocycles. The van der Waals surface area contributed by atoms with E-state index in [1.807, 2.05) is 18.2 Å². The van der Waals surface area contributed by atoms with E-state index in [-0.39, 0.29) is 6.10 Å². The van der Waals surface area contributed by atoms with Gasteiger partial charge in [0.05, 0.1) is 0 Å². The summed E-state index contributed by atoms with van der Waals surface area (Å²) >= 11 is 6.01. The maximum absolute atomic E-state index is 6.01. The van der Waals surface area contributed by atoms with Crippen LogP contribution in [0.2, 0.25) is 5.02 Å². The Morgan fingerprint density at radius 2 is 2.39 bits per heavy atom. The molecule has 18 heavy (non-hydrogen) atoms. The molecule has 98 valence electrons. The second kappa shape index (κ2) is 5.08. The van der Waals surface area contributed by atoms with Crippen LogP contribution in [0.5, 0.6) is 5.75 Å². The third-order valence-electron chi connectivity index (χ3n) is 3.68. The zero-order valence-electron chi connectivity index (χ0n) is 10.7. The molecule has 0 bridgehead atoms. The lowest BCUT2D eigenvalue weighted by Crippen LogP contribution is -2.51. The first kappa shape index (κ1) is 12.3. The van der Waals surface area contributed by atoms with E-state index in [9.17, 15) is 0 Å². The van der Waals surface area contributed by atoms with Gasteiger partial charge < -0.3 is 10.1 Å². The Bertz CT molecular complexity index is 438. The van der Waals surface area contributed by atoms with E-state index in [1.54, 1.807) is 0 Å². The molecule has 2 aliphatic rings. The number of nitrogens with one attached hydrogen (secondary N) is 1. The van der Waals surface area contributed by atoms with Crippen LogP contribution in [0, 0.1) is 0 Å². The molecule has 2 aliphatic heterocycles. The summed E-state index contributed by atoms with van der Waals surface area (Å²) in [5, 5.41) is 4.26. The Labute approximate surface area is 113 Å². The van der Waals surface area contributed by atoms with Crippen molar-refractivity contribution in [2.75, 3.05) is 26.2 Å². The highest BCUT2D eigenvalue weighted by Gasteiger charge is 2.26. The molecule has 0 aliphatic carbocycles. The first-order valence-corrected chi connectivity index (χ1v) is 6.99. The summed E-state index contributed by atoms with van der Waals surface area (Å²) in [7, 11) is 0. The van der Waals surface area contributed by atoms with E-state index in [0.717, 1.165) is 43.4 Å². The number of hydrogen-bond donors (Lipinski definition) is 1. The van der Waals surface area contributed by atoms with Crippen LogP contribution in [0.3, 0.4) is 0 Å². The largest absolute Gasteiger partial charge is 0.488 e. The van der Waals surface area contributed by atoms with Crippen molar-refractivity contribution in [2.45, 2.75) is 25.5 Å². The molecule has 1 saturated heterocycles. The van der Waals surface area contributed by atoms with Gasteiger partial charge in [-0.3, -0.25) is 4.90 Å². The Morgan fingerprint density at radius 3 is 3.22 bits per heavy atom. The molecule has 1 fully saturated rings. The second-order valence-electron chi connectivity index (χ2n) is 5.31. The van der Waals surface area contributed by atoms with Crippen molar-refractivity contribution in [3.8, 4) is 5.75 Å². The fourth-order valence-corrected chi connectivity index (χ4v) is 3.05. The molecule has 0 spiro atoms. The van der Waals surface area contributed by atoms with Crippen molar-refractivity contribution in [1.82, 2.24) is 10.2 Å². The van der Waals surface area contributed by atoms with Crippen molar-refractivity contribution in [1.29, 1.82) is 0 Å². The molecule has 1 aromatic rings. The standard InChI is InChI=1S/C14H19ClN2O/c1-10-8-17(5-4-16-10)9-13-7-11-6-12(15)2-3-14(11)18-13/h2-3,6,10,13,16H,4-5,7-9H2,1H3. The molecule has 0 aromatic heterocycles. The maximum atomic E-state index is 6.01. The number of hydrogen-bond acceptors (Lipinski definition) is 3. The van der Waals surface area contributed by atoms with Gasteiger partial charge in [-0.05, 0) is 30.7 Å². The van der Waals surface area contributed by atoms with Gasteiger partial charge in [0.15, 0.2) is 0 Å². The summed E-state index contributed by atoms with van der Waals surface area (Å²) in [5.74, 6) is 1.01. The van der Waals surface area contributed by atoms with Crippen molar-refractivity contribution in [3.05, 3.63) is 28.8 Å². The number of piperazine rings is 1. The lowest BCUT2D eigenvalue weighted by molar-refractivity contribution is 0.126. The lowest BCUT2D eigenvalue weighted by atomic mass is 10.1. The van der Waals surface area contributed by atoms with Crippen LogP contribution in [0.15, 0.2) is 18.2 Å². The molecule has 4 heteroatoms. The van der Waals surface area contributed by atoms with Crippen LogP contribution in [-0.2, 0) is 6.42 Å². The number of benzene rings is 1. The molecule has 2 unspecified atom stereocenters. The predicted molar refractivity (Wildman–Crippen MR) is 73.5 cm³/mol. The fourth-order valence-electron chi connectivity index (χ4n) is 2.86. The highest BCUT2D eigenvalue weighted by atomic mass is 35.5. The van der Waals surface area contributed by atoms with Gasteiger partial charge in [-0.2, -0.15) is 0 Å². The van der Waals surface area contributed by atoms with Crippen molar-refractivity contribution < 1.29 is 4.74 Å². The average Bonchev–Trinajstić information content (AvgIpc) is 2.70. The number of nitrogens with zero attached hydrogens (tertiary/aromatic N) is 1. The average molecular weight is 267 g/mol. The summed E-state index contributed by atoms with van der Waals surface area (Å²) in [5.41, 5.74) is 1.25. The minimum atomic E-state index is 0.281. The Kier molecular flexibility index (Phi) is 3.46. The first-order valence-electron chi connectivity index (χ1n) is 6.61. The number of halogens is 1. The third kappa shape index (κ3) is 2.63. The molecule has 0 amide bonds. The van der Waals surface area contributed by atoms with Crippen molar-refractivity contribution in [3.63, 3.8) is 0 Å². The molecule has 2 atom stereocenters. The summed E-state index contributed by atoms with van der Waals surface area (Å²) < 4.78 is 5.98. The van der Waals surface area contributed by atoms with Gasteiger partial charge in [0.2, 0.25) is 0 Å². The van der Waals surface area contributed by atoms with Crippen LogP contribution >= 0.6 is 11.6 Å². The normalized spacial score (nSPS) is 27.9. The van der Waals surface area contributed by atoms with Gasteiger partial charge in [0, 0.05) is 43.7 Å². The van der Waals surface area contributed by atoms with E-state index in [2.05, 4.69) is 17.1 Å². The van der Waals surface area contributed by atoms with Crippen LogP contribution in [0.25, 0.3) is 0 Å². The minimum absolute atomic E-state index is 0.281. The van der Waals surface area contributed by atoms with Gasteiger partial charge in [-0.25, -0.2) is 0 Å². The van der Waals surface area contributed by atoms with Gasteiger partial charge >= 0.3 is 0 Å². The SMILES string of the molecule is CC1CN(CC2Cc3cc(Cl)ccc3O2)CCN1. The minimum Gasteiger partial charge on any atom is -0.488 e. The van der Waals surface area contributed by atoms with Crippen molar-refractivity contribution >= 4 is 11.6 Å². The molecule has 0 radical (unpaired) electrons. The molecular weight excluding hydrogens is 248 g/mol. The first-order chi connectivity index (χ1) is 8.70. The molecule has 3 nitrogen and oxygen atoms in total. The van der Waals surface area contributed by atoms with E-state index >= 15 is 0 Å². The predicted octanol–water partition coefficient (Wildman–Crippen LogP) is 1.94.